The van der Waals surface area contributed by atoms with Gasteiger partial charge in [0.1, 0.15) is 0 Å². The third kappa shape index (κ3) is 2.85. The Morgan fingerprint density at radius 2 is 1.53 bits per heavy atom. The van der Waals surface area contributed by atoms with Gasteiger partial charge in [0, 0.05) is 0 Å². The van der Waals surface area contributed by atoms with Crippen molar-refractivity contribution in [1.29, 1.82) is 0 Å². The standard InChI is InChI=1S/C9H12F6O2/c1-4-5(17-7(2,3)16-4)8(11,12)6(10)9(13,14)15/h4-6H,1-3H3. The molecular formula is C9H12F6O2. The summed E-state index contributed by atoms with van der Waals surface area (Å²) in [5.74, 6) is -6.15. The summed E-state index contributed by atoms with van der Waals surface area (Å²) in [6.45, 7) is 3.64. The van der Waals surface area contributed by atoms with E-state index in [4.69, 9.17) is 4.74 Å². The van der Waals surface area contributed by atoms with E-state index in [1.165, 1.54) is 13.8 Å². The molecule has 0 aromatic heterocycles. The molecule has 1 fully saturated rings. The summed E-state index contributed by atoms with van der Waals surface area (Å²) in [6, 6.07) is 0. The highest BCUT2D eigenvalue weighted by atomic mass is 19.4. The van der Waals surface area contributed by atoms with Crippen LogP contribution in [0.3, 0.4) is 0 Å². The van der Waals surface area contributed by atoms with Crippen LogP contribution in [0.15, 0.2) is 0 Å². The number of rotatable bonds is 2. The first-order valence-electron chi connectivity index (χ1n) is 4.82. The van der Waals surface area contributed by atoms with Crippen LogP contribution in [0.25, 0.3) is 0 Å². The normalized spacial score (nSPS) is 31.6. The maximum absolute atomic E-state index is 13.3. The van der Waals surface area contributed by atoms with Gasteiger partial charge in [0.2, 0.25) is 0 Å². The average molecular weight is 266 g/mol. The molecule has 3 atom stereocenters. The second-order valence-electron chi connectivity index (χ2n) is 4.34. The minimum atomic E-state index is -5.64. The zero-order valence-corrected chi connectivity index (χ0v) is 9.32. The van der Waals surface area contributed by atoms with Crippen molar-refractivity contribution in [1.82, 2.24) is 0 Å². The summed E-state index contributed by atoms with van der Waals surface area (Å²) in [7, 11) is 0. The van der Waals surface area contributed by atoms with Crippen LogP contribution in [-0.4, -0.2) is 36.3 Å². The molecule has 1 aliphatic heterocycles. The third-order valence-corrected chi connectivity index (χ3v) is 2.31. The fourth-order valence-electron chi connectivity index (χ4n) is 1.69. The Labute approximate surface area is 93.9 Å². The summed E-state index contributed by atoms with van der Waals surface area (Å²) in [6.07, 6.45) is -13.5. The van der Waals surface area contributed by atoms with E-state index in [0.717, 1.165) is 6.92 Å². The molecule has 0 bridgehead atoms. The molecule has 3 unspecified atom stereocenters. The van der Waals surface area contributed by atoms with Crippen LogP contribution in [0.5, 0.6) is 0 Å². The van der Waals surface area contributed by atoms with Gasteiger partial charge in [-0.25, -0.2) is 4.39 Å². The van der Waals surface area contributed by atoms with E-state index < -0.39 is 36.3 Å². The van der Waals surface area contributed by atoms with Gasteiger partial charge in [0.15, 0.2) is 11.9 Å². The van der Waals surface area contributed by atoms with Crippen LogP contribution in [0.4, 0.5) is 26.3 Å². The van der Waals surface area contributed by atoms with Crippen molar-refractivity contribution in [3.8, 4) is 0 Å². The lowest BCUT2D eigenvalue weighted by atomic mass is 10.0. The number of hydrogen-bond donors (Lipinski definition) is 0. The predicted octanol–water partition coefficient (Wildman–Crippen LogP) is 3.06. The summed E-state index contributed by atoms with van der Waals surface area (Å²) in [5.41, 5.74) is 0. The second kappa shape index (κ2) is 4.01. The van der Waals surface area contributed by atoms with Crippen molar-refractivity contribution in [3.63, 3.8) is 0 Å². The molecule has 0 aromatic rings. The van der Waals surface area contributed by atoms with Crippen molar-refractivity contribution in [2.24, 2.45) is 0 Å². The highest BCUT2D eigenvalue weighted by molar-refractivity contribution is 4.96. The number of hydrogen-bond acceptors (Lipinski definition) is 2. The zero-order chi connectivity index (χ0) is 13.6. The molecule has 0 N–H and O–H groups in total. The van der Waals surface area contributed by atoms with E-state index in [1.807, 2.05) is 0 Å². The summed E-state index contributed by atoms with van der Waals surface area (Å²) in [4.78, 5) is 0. The molecule has 102 valence electrons. The minimum absolute atomic E-state index is 1.11. The molecule has 0 aromatic carbocycles. The molecular weight excluding hydrogens is 254 g/mol. The van der Waals surface area contributed by atoms with Crippen LogP contribution in [-0.2, 0) is 9.47 Å². The molecule has 1 heterocycles. The molecule has 17 heavy (non-hydrogen) atoms. The van der Waals surface area contributed by atoms with Gasteiger partial charge in [0.25, 0.3) is 6.17 Å². The molecule has 0 aliphatic carbocycles. The summed E-state index contributed by atoms with van der Waals surface area (Å²) < 4.78 is 84.8. The van der Waals surface area contributed by atoms with Crippen LogP contribution < -0.4 is 0 Å². The van der Waals surface area contributed by atoms with Crippen molar-refractivity contribution < 1.29 is 35.8 Å². The van der Waals surface area contributed by atoms with Crippen molar-refractivity contribution in [3.05, 3.63) is 0 Å². The SMILES string of the molecule is CC1OC(C)(C)OC1C(F)(F)C(F)C(F)(F)F. The smallest absolute Gasteiger partial charge is 0.345 e. The molecule has 2 nitrogen and oxygen atoms in total. The molecule has 1 rings (SSSR count). The highest BCUT2D eigenvalue weighted by Crippen LogP contribution is 2.43. The lowest BCUT2D eigenvalue weighted by Crippen LogP contribution is -2.52. The molecule has 1 saturated heterocycles. The Hall–Kier alpha value is -0.500. The van der Waals surface area contributed by atoms with E-state index in [9.17, 15) is 26.3 Å². The number of ether oxygens (including phenoxy) is 2. The quantitative estimate of drug-likeness (QED) is 0.715. The third-order valence-electron chi connectivity index (χ3n) is 2.31. The predicted molar refractivity (Wildman–Crippen MR) is 45.4 cm³/mol. The van der Waals surface area contributed by atoms with Gasteiger partial charge in [-0.2, -0.15) is 22.0 Å². The topological polar surface area (TPSA) is 18.5 Å². The van der Waals surface area contributed by atoms with Crippen LogP contribution >= 0.6 is 0 Å². The van der Waals surface area contributed by atoms with Gasteiger partial charge in [-0.05, 0) is 20.8 Å². The van der Waals surface area contributed by atoms with Crippen molar-refractivity contribution >= 4 is 0 Å². The molecule has 0 saturated carbocycles. The maximum atomic E-state index is 13.3. The number of halogens is 6. The van der Waals surface area contributed by atoms with Crippen LogP contribution in [0.1, 0.15) is 20.8 Å². The Morgan fingerprint density at radius 1 is 1.06 bits per heavy atom. The largest absolute Gasteiger partial charge is 0.425 e. The second-order valence-corrected chi connectivity index (χ2v) is 4.34. The zero-order valence-electron chi connectivity index (χ0n) is 9.32. The highest BCUT2D eigenvalue weighted by Gasteiger charge is 2.65. The van der Waals surface area contributed by atoms with Gasteiger partial charge in [-0.15, -0.1) is 0 Å². The first kappa shape index (κ1) is 14.6. The van der Waals surface area contributed by atoms with E-state index in [0.29, 0.717) is 0 Å². The van der Waals surface area contributed by atoms with Gasteiger partial charge < -0.3 is 9.47 Å². The molecule has 0 amide bonds. The summed E-state index contributed by atoms with van der Waals surface area (Å²) in [5, 5.41) is 0. The lowest BCUT2D eigenvalue weighted by Gasteiger charge is -2.28. The molecule has 8 heteroatoms. The summed E-state index contributed by atoms with van der Waals surface area (Å²) >= 11 is 0. The van der Waals surface area contributed by atoms with E-state index >= 15 is 0 Å². The fraction of sp³-hybridized carbons (Fsp3) is 1.00. The van der Waals surface area contributed by atoms with Crippen molar-refractivity contribution in [2.75, 3.05) is 0 Å². The van der Waals surface area contributed by atoms with Gasteiger partial charge in [0.05, 0.1) is 6.10 Å². The van der Waals surface area contributed by atoms with Crippen molar-refractivity contribution in [2.45, 2.75) is 57.0 Å². The monoisotopic (exact) mass is 266 g/mol. The van der Waals surface area contributed by atoms with E-state index in [-0.39, 0.29) is 0 Å². The lowest BCUT2D eigenvalue weighted by molar-refractivity contribution is -0.276. The van der Waals surface area contributed by atoms with Gasteiger partial charge in [-0.1, -0.05) is 0 Å². The number of alkyl halides is 6. The first-order valence-corrected chi connectivity index (χ1v) is 4.82. The van der Waals surface area contributed by atoms with E-state index in [1.54, 1.807) is 0 Å². The Morgan fingerprint density at radius 3 is 1.82 bits per heavy atom. The van der Waals surface area contributed by atoms with E-state index in [2.05, 4.69) is 4.74 Å². The van der Waals surface area contributed by atoms with Crippen LogP contribution in [0, 0.1) is 0 Å². The van der Waals surface area contributed by atoms with Crippen LogP contribution in [0.2, 0.25) is 0 Å². The first-order chi connectivity index (χ1) is 7.38. The Bertz CT molecular complexity index is 288. The van der Waals surface area contributed by atoms with Gasteiger partial charge >= 0.3 is 12.1 Å². The molecule has 1 aliphatic rings. The Kier molecular flexibility index (Phi) is 3.44. The Balaban J connectivity index is 2.92. The fourth-order valence-corrected chi connectivity index (χ4v) is 1.69. The maximum Gasteiger partial charge on any atom is 0.425 e. The average Bonchev–Trinajstić information content (AvgIpc) is 2.37. The van der Waals surface area contributed by atoms with Gasteiger partial charge in [-0.3, -0.25) is 0 Å². The molecule has 0 spiro atoms. The molecule has 0 radical (unpaired) electrons. The minimum Gasteiger partial charge on any atom is -0.345 e.